The molecule has 0 fully saturated rings. The predicted molar refractivity (Wildman–Crippen MR) is 73.3 cm³/mol. The van der Waals surface area contributed by atoms with E-state index in [9.17, 15) is 19.8 Å². The van der Waals surface area contributed by atoms with E-state index >= 15 is 0 Å². The molecule has 0 saturated heterocycles. The number of rotatable bonds is 4. The highest BCUT2D eigenvalue weighted by atomic mass is 16.6. The van der Waals surface area contributed by atoms with E-state index in [1.807, 2.05) is 0 Å². The van der Waals surface area contributed by atoms with E-state index in [0.29, 0.717) is 0 Å². The summed E-state index contributed by atoms with van der Waals surface area (Å²) in [5.74, 6) is -1.60. The van der Waals surface area contributed by atoms with Gasteiger partial charge >= 0.3 is 0 Å². The highest BCUT2D eigenvalue weighted by Gasteiger charge is 2.25. The minimum atomic E-state index is -0.740. The van der Waals surface area contributed by atoms with Gasteiger partial charge in [-0.3, -0.25) is 9.59 Å². The minimum Gasteiger partial charge on any atom is -0.507 e. The van der Waals surface area contributed by atoms with Crippen LogP contribution < -0.4 is 10.2 Å². The van der Waals surface area contributed by atoms with E-state index in [-0.39, 0.29) is 40.4 Å². The molecule has 0 radical (unpaired) electrons. The summed E-state index contributed by atoms with van der Waals surface area (Å²) in [7, 11) is 2.55. The number of phenolic OH excluding ortho intramolecular Hbond substituents is 2. The Hall–Kier alpha value is -2.54. The van der Waals surface area contributed by atoms with Gasteiger partial charge in [0.1, 0.15) is 34.6 Å². The molecule has 0 unspecified atom stereocenters. The minimum absolute atomic E-state index is 0.0774. The van der Waals surface area contributed by atoms with Gasteiger partial charge in [0.2, 0.25) is 5.43 Å². The molecule has 7 heteroatoms. The van der Waals surface area contributed by atoms with Crippen molar-refractivity contribution >= 4 is 16.8 Å². The topological polar surface area (TPSA) is 106 Å². The molecule has 2 N–H and O–H groups in total. The third-order valence-corrected chi connectivity index (χ3v) is 3.09. The van der Waals surface area contributed by atoms with Crippen LogP contribution in [-0.2, 0) is 4.74 Å². The van der Waals surface area contributed by atoms with Gasteiger partial charge in [0.15, 0.2) is 5.78 Å². The number of methoxy groups -OCH3 is 2. The van der Waals surface area contributed by atoms with Crippen LogP contribution in [0, 0.1) is 6.92 Å². The van der Waals surface area contributed by atoms with Gasteiger partial charge in [-0.25, -0.2) is 0 Å². The summed E-state index contributed by atoms with van der Waals surface area (Å²) in [5, 5.41) is 19.5. The maximum Gasteiger partial charge on any atom is 0.299 e. The number of benzene rings is 1. The average Bonchev–Trinajstić information content (AvgIpc) is 2.44. The molecule has 112 valence electrons. The van der Waals surface area contributed by atoms with E-state index in [2.05, 4.69) is 0 Å². The zero-order valence-corrected chi connectivity index (χ0v) is 11.7. The highest BCUT2D eigenvalue weighted by Crippen LogP contribution is 2.35. The molecule has 7 nitrogen and oxygen atoms in total. The molecule has 0 saturated carbocycles. The van der Waals surface area contributed by atoms with E-state index in [4.69, 9.17) is 13.9 Å². The lowest BCUT2D eigenvalue weighted by Gasteiger charge is -2.10. The number of hydrogen-bond acceptors (Lipinski definition) is 7. The standard InChI is InChI=1S/C14H14O7/c1-6-7(15)4-9-11(12(6)17)13(18)10(8(16)5-19-2)14(20-3)21-9/h4,15,17H,5H2,1-3H3. The largest absolute Gasteiger partial charge is 0.507 e. The number of hydrogen-bond donors (Lipinski definition) is 2. The summed E-state index contributed by atoms with van der Waals surface area (Å²) in [6.07, 6.45) is 0. The van der Waals surface area contributed by atoms with Crippen LogP contribution in [0.2, 0.25) is 0 Å². The number of Topliss-reactive ketones (excluding diaryl/α,β-unsaturated/α-hetero) is 1. The number of phenols is 2. The summed E-state index contributed by atoms with van der Waals surface area (Å²) in [6, 6.07) is 1.18. The van der Waals surface area contributed by atoms with Gasteiger partial charge in [0.05, 0.1) is 7.11 Å². The number of ketones is 1. The van der Waals surface area contributed by atoms with Gasteiger partial charge in [-0.15, -0.1) is 0 Å². The van der Waals surface area contributed by atoms with Crippen molar-refractivity contribution in [3.8, 4) is 17.4 Å². The Morgan fingerprint density at radius 2 is 2.00 bits per heavy atom. The van der Waals surface area contributed by atoms with Crippen LogP contribution in [0.3, 0.4) is 0 Å². The number of fused-ring (bicyclic) bond motifs is 1. The maximum absolute atomic E-state index is 12.5. The number of carbonyl (C=O) groups excluding carboxylic acids is 1. The highest BCUT2D eigenvalue weighted by molar-refractivity contribution is 6.02. The van der Waals surface area contributed by atoms with Crippen LogP contribution in [0.25, 0.3) is 11.0 Å². The Balaban J connectivity index is 2.91. The molecule has 0 aliphatic rings. The molecule has 0 aliphatic heterocycles. The Morgan fingerprint density at radius 3 is 2.57 bits per heavy atom. The summed E-state index contributed by atoms with van der Waals surface area (Å²) in [6.45, 7) is 1.11. The van der Waals surface area contributed by atoms with E-state index in [0.717, 1.165) is 0 Å². The fourth-order valence-electron chi connectivity index (χ4n) is 1.99. The van der Waals surface area contributed by atoms with Gasteiger partial charge < -0.3 is 24.1 Å². The normalized spacial score (nSPS) is 10.8. The second kappa shape index (κ2) is 5.45. The zero-order valence-electron chi connectivity index (χ0n) is 11.7. The van der Waals surface area contributed by atoms with Crippen molar-refractivity contribution in [3.63, 3.8) is 0 Å². The van der Waals surface area contributed by atoms with Gasteiger partial charge in [-0.1, -0.05) is 0 Å². The van der Waals surface area contributed by atoms with Crippen LogP contribution >= 0.6 is 0 Å². The molecule has 1 aromatic heterocycles. The van der Waals surface area contributed by atoms with Crippen molar-refractivity contribution in [2.24, 2.45) is 0 Å². The summed E-state index contributed by atoms with van der Waals surface area (Å²) >= 11 is 0. The van der Waals surface area contributed by atoms with E-state index in [1.54, 1.807) is 0 Å². The predicted octanol–water partition coefficient (Wildman–Crippen LogP) is 1.35. The fraction of sp³-hybridized carbons (Fsp3) is 0.286. The van der Waals surface area contributed by atoms with Crippen LogP contribution in [0.4, 0.5) is 0 Å². The summed E-state index contributed by atoms with van der Waals surface area (Å²) in [5.41, 5.74) is -1.04. The van der Waals surface area contributed by atoms with Crippen LogP contribution in [0.15, 0.2) is 15.3 Å². The van der Waals surface area contributed by atoms with Crippen molar-refractivity contribution in [1.29, 1.82) is 0 Å². The third kappa shape index (κ3) is 2.31. The SMILES string of the molecule is COCC(=O)c1c(OC)oc2cc(O)c(C)c(O)c2c1=O. The fourth-order valence-corrected chi connectivity index (χ4v) is 1.99. The van der Waals surface area contributed by atoms with Gasteiger partial charge in [-0.2, -0.15) is 0 Å². The van der Waals surface area contributed by atoms with Crippen LogP contribution in [-0.4, -0.2) is 36.8 Å². The molecule has 0 spiro atoms. The maximum atomic E-state index is 12.5. The molecular weight excluding hydrogens is 280 g/mol. The molecule has 1 heterocycles. The first-order valence-corrected chi connectivity index (χ1v) is 6.00. The smallest absolute Gasteiger partial charge is 0.299 e. The van der Waals surface area contributed by atoms with E-state index in [1.165, 1.54) is 27.2 Å². The Morgan fingerprint density at radius 1 is 1.33 bits per heavy atom. The van der Waals surface area contributed by atoms with Crippen LogP contribution in [0.1, 0.15) is 15.9 Å². The molecule has 0 atom stereocenters. The van der Waals surface area contributed by atoms with Gasteiger partial charge in [-0.05, 0) is 6.92 Å². The molecule has 0 bridgehead atoms. The average molecular weight is 294 g/mol. The molecule has 1 aromatic carbocycles. The molecule has 0 amide bonds. The molecule has 2 rings (SSSR count). The van der Waals surface area contributed by atoms with Crippen molar-refractivity contribution in [2.75, 3.05) is 20.8 Å². The molecule has 0 aliphatic carbocycles. The zero-order chi connectivity index (χ0) is 15.7. The molecule has 21 heavy (non-hydrogen) atoms. The lowest BCUT2D eigenvalue weighted by Crippen LogP contribution is -2.20. The Bertz CT molecular complexity index is 773. The number of ether oxygens (including phenoxy) is 2. The van der Waals surface area contributed by atoms with Crippen molar-refractivity contribution in [3.05, 3.63) is 27.4 Å². The lowest BCUT2D eigenvalue weighted by molar-refractivity contribution is 0.0839. The third-order valence-electron chi connectivity index (χ3n) is 3.09. The van der Waals surface area contributed by atoms with Crippen molar-refractivity contribution in [2.45, 2.75) is 6.92 Å². The first-order chi connectivity index (χ1) is 9.92. The van der Waals surface area contributed by atoms with Crippen molar-refractivity contribution < 1.29 is 28.9 Å². The molecular formula is C14H14O7. The van der Waals surface area contributed by atoms with Gasteiger partial charge in [0.25, 0.3) is 5.95 Å². The summed E-state index contributed by atoms with van der Waals surface area (Å²) < 4.78 is 14.9. The second-order valence-electron chi connectivity index (χ2n) is 4.40. The summed E-state index contributed by atoms with van der Waals surface area (Å²) in [4.78, 5) is 24.4. The monoisotopic (exact) mass is 294 g/mol. The number of aromatic hydroxyl groups is 2. The second-order valence-corrected chi connectivity index (χ2v) is 4.40. The van der Waals surface area contributed by atoms with Crippen molar-refractivity contribution in [1.82, 2.24) is 0 Å². The number of carbonyl (C=O) groups is 1. The van der Waals surface area contributed by atoms with Crippen LogP contribution in [0.5, 0.6) is 17.4 Å². The first kappa shape index (κ1) is 14.9. The van der Waals surface area contributed by atoms with Gasteiger partial charge in [0, 0.05) is 18.7 Å². The lowest BCUT2D eigenvalue weighted by atomic mass is 10.1. The molecule has 2 aromatic rings. The Labute approximate surface area is 119 Å². The first-order valence-electron chi connectivity index (χ1n) is 6.00. The van der Waals surface area contributed by atoms with E-state index < -0.39 is 17.0 Å². The Kier molecular flexibility index (Phi) is 3.86. The quantitative estimate of drug-likeness (QED) is 0.820.